The summed E-state index contributed by atoms with van der Waals surface area (Å²) in [6, 6.07) is 14.7. The maximum atomic E-state index is 15.7. The number of hydrogen-bond acceptors (Lipinski definition) is 4. The second kappa shape index (κ2) is 11.8. The van der Waals surface area contributed by atoms with Gasteiger partial charge in [-0.25, -0.2) is 13.6 Å². The predicted octanol–water partition coefficient (Wildman–Crippen LogP) is 6.61. The number of hydrogen-bond donors (Lipinski definition) is 3. The minimum atomic E-state index is -1.74. The van der Waals surface area contributed by atoms with Crippen LogP contribution in [0.15, 0.2) is 60.7 Å². The molecule has 1 amide bonds. The zero-order valence-corrected chi connectivity index (χ0v) is 24.2. The molecule has 1 saturated heterocycles. The van der Waals surface area contributed by atoms with Gasteiger partial charge in [0.1, 0.15) is 17.0 Å². The molecule has 1 aliphatic rings. The molecule has 0 radical (unpaired) electrons. The van der Waals surface area contributed by atoms with E-state index in [1.54, 1.807) is 12.1 Å². The highest BCUT2D eigenvalue weighted by Gasteiger charge is 2.61. The van der Waals surface area contributed by atoms with Gasteiger partial charge >= 0.3 is 5.97 Å². The molecule has 0 aliphatic carbocycles. The van der Waals surface area contributed by atoms with Crippen LogP contribution >= 0.6 is 23.2 Å². The van der Waals surface area contributed by atoms with E-state index in [0.29, 0.717) is 12.0 Å². The van der Waals surface area contributed by atoms with Gasteiger partial charge in [0.25, 0.3) is 0 Å². The van der Waals surface area contributed by atoms with Crippen molar-refractivity contribution in [2.24, 2.45) is 5.41 Å². The molecule has 0 bridgehead atoms. The van der Waals surface area contributed by atoms with Crippen LogP contribution in [0.4, 0.5) is 8.78 Å². The first-order valence-corrected chi connectivity index (χ1v) is 13.7. The molecule has 214 valence electrons. The van der Waals surface area contributed by atoms with Crippen LogP contribution in [0.5, 0.6) is 0 Å². The topological polar surface area (TPSA) is 102 Å². The number of carboxylic acid groups (broad SMARTS) is 1. The van der Waals surface area contributed by atoms with E-state index in [-0.39, 0.29) is 38.7 Å². The molecule has 0 unspecified atom stereocenters. The van der Waals surface area contributed by atoms with Crippen LogP contribution in [0.3, 0.4) is 0 Å². The number of carboxylic acids is 1. The first kappa shape index (κ1) is 30.4. The Labute approximate surface area is 247 Å². The van der Waals surface area contributed by atoms with Gasteiger partial charge in [-0.1, -0.05) is 74.3 Å². The molecular formula is C31H29Cl2F2N3O3. The van der Waals surface area contributed by atoms with E-state index in [0.717, 1.165) is 6.07 Å². The van der Waals surface area contributed by atoms with Crippen molar-refractivity contribution in [1.29, 1.82) is 5.26 Å². The fraction of sp³-hybridized carbons (Fsp3) is 0.323. The highest BCUT2D eigenvalue weighted by atomic mass is 35.5. The highest BCUT2D eigenvalue weighted by Crippen LogP contribution is 2.52. The summed E-state index contributed by atoms with van der Waals surface area (Å²) in [5, 5.41) is 26.2. The van der Waals surface area contributed by atoms with Gasteiger partial charge in [0, 0.05) is 29.1 Å². The number of halogens is 4. The van der Waals surface area contributed by atoms with Crippen LogP contribution in [-0.2, 0) is 16.8 Å². The molecule has 3 aromatic carbocycles. The summed E-state index contributed by atoms with van der Waals surface area (Å²) in [7, 11) is 0. The summed E-state index contributed by atoms with van der Waals surface area (Å²) in [4.78, 5) is 25.2. The molecule has 41 heavy (non-hydrogen) atoms. The van der Waals surface area contributed by atoms with E-state index in [9.17, 15) is 20.0 Å². The lowest BCUT2D eigenvalue weighted by Crippen LogP contribution is -2.45. The minimum absolute atomic E-state index is 0.00895. The number of carbonyl (C=O) groups is 2. The third kappa shape index (κ3) is 6.08. The Hall–Kier alpha value is -3.51. The van der Waals surface area contributed by atoms with Crippen molar-refractivity contribution in [2.45, 2.75) is 57.2 Å². The number of aromatic carboxylic acids is 1. The molecule has 3 N–H and O–H groups in total. The molecule has 6 nitrogen and oxygen atoms in total. The zero-order valence-electron chi connectivity index (χ0n) is 22.6. The third-order valence-corrected chi connectivity index (χ3v) is 7.90. The standard InChI is InChI=1S/C31H29Cl2F2N3O3/c1-30(2,3)14-24-31(16-36,21-11-10-19(32)13-23(21)34)25(20-8-5-9-22(33)26(20)35)27(38-24)28(39)37-15-17-6-4-7-18(12-17)29(40)41/h4-13,24-25,27,38H,14-15H2,1-3H3,(H,37,39)(H,40,41)/t24-,25-,27+,31-/m0/s1. The van der Waals surface area contributed by atoms with Gasteiger partial charge in [-0.05, 0) is 53.3 Å². The Morgan fingerprint density at radius 3 is 2.44 bits per heavy atom. The summed E-state index contributed by atoms with van der Waals surface area (Å²) in [5.74, 6) is -4.43. The second-order valence-corrected chi connectivity index (χ2v) is 12.3. The maximum absolute atomic E-state index is 15.7. The van der Waals surface area contributed by atoms with E-state index in [1.165, 1.54) is 42.5 Å². The Bertz CT molecular complexity index is 1540. The molecule has 4 rings (SSSR count). The van der Waals surface area contributed by atoms with Gasteiger partial charge < -0.3 is 15.7 Å². The van der Waals surface area contributed by atoms with Crippen molar-refractivity contribution >= 4 is 35.1 Å². The number of benzene rings is 3. The van der Waals surface area contributed by atoms with Gasteiger partial charge in [-0.3, -0.25) is 4.79 Å². The average Bonchev–Trinajstić information content (AvgIpc) is 3.22. The number of carbonyl (C=O) groups excluding carboxylic acids is 1. The summed E-state index contributed by atoms with van der Waals surface area (Å²) >= 11 is 12.2. The second-order valence-electron chi connectivity index (χ2n) is 11.4. The van der Waals surface area contributed by atoms with Gasteiger partial charge in [-0.15, -0.1) is 0 Å². The Balaban J connectivity index is 1.87. The Morgan fingerprint density at radius 2 is 1.80 bits per heavy atom. The van der Waals surface area contributed by atoms with Gasteiger partial charge in [-0.2, -0.15) is 5.26 Å². The van der Waals surface area contributed by atoms with Gasteiger partial charge in [0.2, 0.25) is 5.91 Å². The van der Waals surface area contributed by atoms with E-state index in [2.05, 4.69) is 16.7 Å². The van der Waals surface area contributed by atoms with Crippen LogP contribution in [-0.4, -0.2) is 29.1 Å². The predicted molar refractivity (Wildman–Crippen MR) is 153 cm³/mol. The molecule has 1 fully saturated rings. The van der Waals surface area contributed by atoms with Crippen LogP contribution in [0.1, 0.15) is 60.2 Å². The summed E-state index contributed by atoms with van der Waals surface area (Å²) < 4.78 is 31.4. The molecule has 1 aliphatic heterocycles. The molecule has 0 aromatic heterocycles. The lowest BCUT2D eigenvalue weighted by Gasteiger charge is -2.37. The van der Waals surface area contributed by atoms with Crippen LogP contribution in [0.25, 0.3) is 0 Å². The van der Waals surface area contributed by atoms with E-state index >= 15 is 8.78 Å². The van der Waals surface area contributed by atoms with Crippen molar-refractivity contribution in [3.05, 3.63) is 105 Å². The number of rotatable bonds is 7. The smallest absolute Gasteiger partial charge is 0.335 e. The van der Waals surface area contributed by atoms with Gasteiger partial charge in [0.15, 0.2) is 0 Å². The molecule has 10 heteroatoms. The van der Waals surface area contributed by atoms with Crippen molar-refractivity contribution < 1.29 is 23.5 Å². The SMILES string of the molecule is CC(C)(C)C[C@@H]1N[C@@H](C(=O)NCc2cccc(C(=O)O)c2)[C@H](c2cccc(Cl)c2F)[C@@]1(C#N)c1ccc(Cl)cc1F. The molecule has 4 atom stereocenters. The van der Waals surface area contributed by atoms with Crippen molar-refractivity contribution in [2.75, 3.05) is 0 Å². The Morgan fingerprint density at radius 1 is 1.10 bits per heavy atom. The lowest BCUT2D eigenvalue weighted by atomic mass is 9.62. The monoisotopic (exact) mass is 599 g/mol. The average molecular weight is 600 g/mol. The first-order valence-electron chi connectivity index (χ1n) is 12.9. The van der Waals surface area contributed by atoms with Crippen LogP contribution in [0.2, 0.25) is 10.0 Å². The number of nitriles is 1. The summed E-state index contributed by atoms with van der Waals surface area (Å²) in [6.07, 6.45) is 0.339. The fourth-order valence-corrected chi connectivity index (χ4v) is 6.01. The first-order chi connectivity index (χ1) is 19.3. The number of nitrogens with zero attached hydrogens (tertiary/aromatic N) is 1. The molecular weight excluding hydrogens is 571 g/mol. The zero-order chi connectivity index (χ0) is 30.1. The van der Waals surface area contributed by atoms with E-state index in [1.807, 2.05) is 20.8 Å². The van der Waals surface area contributed by atoms with E-state index < -0.39 is 46.9 Å². The lowest BCUT2D eigenvalue weighted by molar-refractivity contribution is -0.123. The summed E-state index contributed by atoms with van der Waals surface area (Å²) in [6.45, 7) is 5.83. The van der Waals surface area contributed by atoms with Gasteiger partial charge in [0.05, 0.1) is 22.7 Å². The highest BCUT2D eigenvalue weighted by molar-refractivity contribution is 6.31. The quantitative estimate of drug-likeness (QED) is 0.284. The molecule has 1 heterocycles. The van der Waals surface area contributed by atoms with Crippen LogP contribution < -0.4 is 10.6 Å². The normalized spacial score (nSPS) is 22.2. The van der Waals surface area contributed by atoms with Crippen LogP contribution in [0, 0.1) is 28.4 Å². The van der Waals surface area contributed by atoms with Crippen molar-refractivity contribution in [3.8, 4) is 6.07 Å². The summed E-state index contributed by atoms with van der Waals surface area (Å²) in [5.41, 5.74) is -1.54. The molecule has 0 saturated carbocycles. The number of amides is 1. The minimum Gasteiger partial charge on any atom is -0.478 e. The number of nitrogens with one attached hydrogen (secondary N) is 2. The molecule has 3 aromatic rings. The fourth-order valence-electron chi connectivity index (χ4n) is 5.67. The molecule has 0 spiro atoms. The maximum Gasteiger partial charge on any atom is 0.335 e. The Kier molecular flexibility index (Phi) is 8.74. The largest absolute Gasteiger partial charge is 0.478 e. The van der Waals surface area contributed by atoms with Crippen molar-refractivity contribution in [3.63, 3.8) is 0 Å². The third-order valence-electron chi connectivity index (χ3n) is 7.37. The van der Waals surface area contributed by atoms with Crippen molar-refractivity contribution in [1.82, 2.24) is 10.6 Å². The van der Waals surface area contributed by atoms with E-state index in [4.69, 9.17) is 23.2 Å².